The standard InChI is InChI=1S/C17H26N6S.HI/c1-3-18-17(19-9-4-5-10-24-2)20-12-14-7-6-8-15(11-14)16-21-13-22-23-16;/h6-8,11,13H,3-5,9-10,12H2,1-2H3,(H2,18,19,20)(H,21,22,23);1H. The minimum Gasteiger partial charge on any atom is -0.357 e. The first kappa shape index (κ1) is 21.8. The lowest BCUT2D eigenvalue weighted by Gasteiger charge is -2.11. The molecule has 0 atom stereocenters. The highest BCUT2D eigenvalue weighted by atomic mass is 127. The number of hydrogen-bond acceptors (Lipinski definition) is 4. The van der Waals surface area contributed by atoms with Gasteiger partial charge in [0.1, 0.15) is 6.33 Å². The second-order valence-corrected chi connectivity index (χ2v) is 6.34. The fourth-order valence-electron chi connectivity index (χ4n) is 2.25. The van der Waals surface area contributed by atoms with Crippen molar-refractivity contribution in [1.29, 1.82) is 0 Å². The van der Waals surface area contributed by atoms with E-state index in [9.17, 15) is 0 Å². The largest absolute Gasteiger partial charge is 0.357 e. The Hall–Kier alpha value is -1.29. The molecule has 0 aliphatic rings. The lowest BCUT2D eigenvalue weighted by Crippen LogP contribution is -2.37. The molecule has 0 saturated carbocycles. The molecule has 2 aromatic rings. The molecule has 6 nitrogen and oxygen atoms in total. The molecule has 0 fully saturated rings. The summed E-state index contributed by atoms with van der Waals surface area (Å²) in [6, 6.07) is 8.20. The van der Waals surface area contributed by atoms with Crippen molar-refractivity contribution in [3.8, 4) is 11.4 Å². The monoisotopic (exact) mass is 474 g/mol. The minimum absolute atomic E-state index is 0. The maximum Gasteiger partial charge on any atom is 0.191 e. The summed E-state index contributed by atoms with van der Waals surface area (Å²) in [6.45, 7) is 4.51. The molecule has 1 aromatic carbocycles. The lowest BCUT2D eigenvalue weighted by molar-refractivity contribution is 0.734. The Balaban J connectivity index is 0.00000312. The molecule has 0 amide bonds. The van der Waals surface area contributed by atoms with Gasteiger partial charge in [-0.1, -0.05) is 18.2 Å². The number of aromatic amines is 1. The number of nitrogens with zero attached hydrogens (tertiary/aromatic N) is 3. The molecule has 0 spiro atoms. The van der Waals surface area contributed by atoms with E-state index in [2.05, 4.69) is 56.1 Å². The number of hydrogen-bond donors (Lipinski definition) is 3. The summed E-state index contributed by atoms with van der Waals surface area (Å²) >= 11 is 1.89. The van der Waals surface area contributed by atoms with E-state index in [1.807, 2.05) is 23.9 Å². The SMILES string of the molecule is CCNC(=NCc1cccc(-c2ncn[nH]2)c1)NCCCCSC.I. The normalized spacial score (nSPS) is 11.0. The fourth-order valence-corrected chi connectivity index (χ4v) is 2.74. The number of nitrogens with one attached hydrogen (secondary N) is 3. The highest BCUT2D eigenvalue weighted by molar-refractivity contribution is 14.0. The molecule has 0 saturated heterocycles. The van der Waals surface area contributed by atoms with Gasteiger partial charge in [0.25, 0.3) is 0 Å². The van der Waals surface area contributed by atoms with Crippen molar-refractivity contribution in [2.75, 3.05) is 25.1 Å². The van der Waals surface area contributed by atoms with E-state index < -0.39 is 0 Å². The van der Waals surface area contributed by atoms with Gasteiger partial charge in [0.2, 0.25) is 0 Å². The molecule has 2 rings (SSSR count). The molecular formula is C17H27IN6S. The van der Waals surface area contributed by atoms with E-state index in [-0.39, 0.29) is 24.0 Å². The first-order valence-electron chi connectivity index (χ1n) is 8.29. The van der Waals surface area contributed by atoms with Crippen LogP contribution in [-0.4, -0.2) is 46.2 Å². The molecule has 0 unspecified atom stereocenters. The van der Waals surface area contributed by atoms with Crippen LogP contribution >= 0.6 is 35.7 Å². The van der Waals surface area contributed by atoms with E-state index in [1.54, 1.807) is 0 Å². The van der Waals surface area contributed by atoms with Crippen LogP contribution in [-0.2, 0) is 6.54 Å². The molecule has 0 aliphatic heterocycles. The topological polar surface area (TPSA) is 78.0 Å². The van der Waals surface area contributed by atoms with Gasteiger partial charge in [-0.05, 0) is 43.4 Å². The smallest absolute Gasteiger partial charge is 0.191 e. The number of H-pyrrole nitrogens is 1. The minimum atomic E-state index is 0. The van der Waals surface area contributed by atoms with Crippen molar-refractivity contribution in [2.24, 2.45) is 4.99 Å². The van der Waals surface area contributed by atoms with Crippen LogP contribution in [0, 0.1) is 0 Å². The average molecular weight is 474 g/mol. The molecule has 0 bridgehead atoms. The predicted molar refractivity (Wildman–Crippen MR) is 118 cm³/mol. The average Bonchev–Trinajstić information content (AvgIpc) is 3.14. The maximum atomic E-state index is 4.67. The van der Waals surface area contributed by atoms with Gasteiger partial charge in [0.05, 0.1) is 6.54 Å². The summed E-state index contributed by atoms with van der Waals surface area (Å²) in [4.78, 5) is 8.86. The number of benzene rings is 1. The Labute approximate surface area is 171 Å². The zero-order chi connectivity index (χ0) is 17.0. The van der Waals surface area contributed by atoms with E-state index in [0.29, 0.717) is 6.54 Å². The molecule has 25 heavy (non-hydrogen) atoms. The molecule has 0 aliphatic carbocycles. The lowest BCUT2D eigenvalue weighted by atomic mass is 10.1. The van der Waals surface area contributed by atoms with Crippen LogP contribution < -0.4 is 10.6 Å². The van der Waals surface area contributed by atoms with Gasteiger partial charge in [0, 0.05) is 18.7 Å². The van der Waals surface area contributed by atoms with Gasteiger partial charge in [-0.2, -0.15) is 16.9 Å². The first-order valence-corrected chi connectivity index (χ1v) is 9.68. The van der Waals surface area contributed by atoms with Crippen molar-refractivity contribution in [2.45, 2.75) is 26.3 Å². The van der Waals surface area contributed by atoms with Crippen LogP contribution in [0.1, 0.15) is 25.3 Å². The molecule has 8 heteroatoms. The van der Waals surface area contributed by atoms with Gasteiger partial charge in [-0.3, -0.25) is 5.10 Å². The molecule has 1 heterocycles. The van der Waals surface area contributed by atoms with Crippen molar-refractivity contribution >= 4 is 41.7 Å². The van der Waals surface area contributed by atoms with E-state index in [4.69, 9.17) is 0 Å². The second kappa shape index (κ2) is 13.0. The Morgan fingerprint density at radius 2 is 2.16 bits per heavy atom. The van der Waals surface area contributed by atoms with Crippen LogP contribution in [0.15, 0.2) is 35.6 Å². The Bertz CT molecular complexity index is 617. The molecule has 138 valence electrons. The highest BCUT2D eigenvalue weighted by Crippen LogP contribution is 2.15. The summed E-state index contributed by atoms with van der Waals surface area (Å²) in [5, 5.41) is 13.5. The number of halogens is 1. The van der Waals surface area contributed by atoms with Crippen molar-refractivity contribution in [1.82, 2.24) is 25.8 Å². The predicted octanol–water partition coefficient (Wildman–Crippen LogP) is 3.29. The quantitative estimate of drug-likeness (QED) is 0.225. The zero-order valence-electron chi connectivity index (χ0n) is 14.8. The van der Waals surface area contributed by atoms with E-state index in [1.165, 1.54) is 18.5 Å². The van der Waals surface area contributed by atoms with Crippen LogP contribution in [0.2, 0.25) is 0 Å². The van der Waals surface area contributed by atoms with Crippen molar-refractivity contribution in [3.63, 3.8) is 0 Å². The number of rotatable bonds is 9. The van der Waals surface area contributed by atoms with Crippen LogP contribution in [0.4, 0.5) is 0 Å². The van der Waals surface area contributed by atoms with Gasteiger partial charge in [0.15, 0.2) is 11.8 Å². The summed E-state index contributed by atoms with van der Waals surface area (Å²) < 4.78 is 0. The van der Waals surface area contributed by atoms with Crippen LogP contribution in [0.3, 0.4) is 0 Å². The Morgan fingerprint density at radius 3 is 2.88 bits per heavy atom. The second-order valence-electron chi connectivity index (χ2n) is 5.36. The number of unbranched alkanes of at least 4 members (excludes halogenated alkanes) is 1. The van der Waals surface area contributed by atoms with Gasteiger partial charge < -0.3 is 10.6 Å². The zero-order valence-corrected chi connectivity index (χ0v) is 17.9. The highest BCUT2D eigenvalue weighted by Gasteiger charge is 2.02. The van der Waals surface area contributed by atoms with E-state index >= 15 is 0 Å². The third-order valence-corrected chi connectivity index (χ3v) is 4.14. The third kappa shape index (κ3) is 8.08. The summed E-state index contributed by atoms with van der Waals surface area (Å²) in [5.41, 5.74) is 2.17. The molecule has 0 radical (unpaired) electrons. The summed E-state index contributed by atoms with van der Waals surface area (Å²) in [5.74, 6) is 2.86. The summed E-state index contributed by atoms with van der Waals surface area (Å²) in [7, 11) is 0. The molecule has 3 N–H and O–H groups in total. The summed E-state index contributed by atoms with van der Waals surface area (Å²) in [6.07, 6.45) is 6.05. The Morgan fingerprint density at radius 1 is 1.28 bits per heavy atom. The number of aliphatic imine (C=N–C) groups is 1. The fraction of sp³-hybridized carbons (Fsp3) is 0.471. The molecular weight excluding hydrogens is 447 g/mol. The number of guanidine groups is 1. The Kier molecular flexibility index (Phi) is 11.3. The maximum absolute atomic E-state index is 4.67. The van der Waals surface area contributed by atoms with Crippen molar-refractivity contribution in [3.05, 3.63) is 36.2 Å². The van der Waals surface area contributed by atoms with Crippen LogP contribution in [0.25, 0.3) is 11.4 Å². The number of thioether (sulfide) groups is 1. The molecule has 1 aromatic heterocycles. The van der Waals surface area contributed by atoms with E-state index in [0.717, 1.165) is 42.4 Å². The third-order valence-electron chi connectivity index (χ3n) is 3.45. The van der Waals surface area contributed by atoms with Gasteiger partial charge in [-0.15, -0.1) is 24.0 Å². The van der Waals surface area contributed by atoms with Gasteiger partial charge in [-0.25, -0.2) is 9.98 Å². The van der Waals surface area contributed by atoms with Gasteiger partial charge >= 0.3 is 0 Å². The number of aromatic nitrogens is 3. The van der Waals surface area contributed by atoms with Crippen LogP contribution in [0.5, 0.6) is 0 Å². The van der Waals surface area contributed by atoms with Crippen molar-refractivity contribution < 1.29 is 0 Å². The first-order chi connectivity index (χ1) is 11.8.